The molecule has 98 valence electrons. The second kappa shape index (κ2) is 6.04. The average molecular weight is 313 g/mol. The van der Waals surface area contributed by atoms with E-state index in [0.29, 0.717) is 4.20 Å². The Balaban J connectivity index is 2.98. The number of hydrogen-bond donors (Lipinski definition) is 0. The molecule has 0 N–H and O–H groups in total. The van der Waals surface area contributed by atoms with Gasteiger partial charge < -0.3 is 0 Å². The van der Waals surface area contributed by atoms with Crippen molar-refractivity contribution in [1.29, 1.82) is 0 Å². The molecule has 0 bridgehead atoms. The normalized spacial score (nSPS) is 11.4. The predicted molar refractivity (Wildman–Crippen MR) is 71.5 cm³/mol. The first kappa shape index (κ1) is 15.5. The van der Waals surface area contributed by atoms with Crippen LogP contribution in [0.15, 0.2) is 18.2 Å². The van der Waals surface area contributed by atoms with Crippen molar-refractivity contribution in [2.75, 3.05) is 6.26 Å². The van der Waals surface area contributed by atoms with Gasteiger partial charge in [0.2, 0.25) is 0 Å². The third-order valence-corrected chi connectivity index (χ3v) is 3.69. The molecule has 0 saturated carbocycles. The maximum atomic E-state index is 12.5. The lowest BCUT2D eigenvalue weighted by Crippen LogP contribution is -2.08. The van der Waals surface area contributed by atoms with Gasteiger partial charge in [0.1, 0.15) is 0 Å². The summed E-state index contributed by atoms with van der Waals surface area (Å²) < 4.78 is 37.8. The molecule has 0 amide bonds. The zero-order valence-corrected chi connectivity index (χ0v) is 11.6. The zero-order chi connectivity index (χ0) is 13.9. The molecule has 0 aliphatic rings. The SMILES string of the molecule is CSC(=S)CC(=O)c1ccc(C(F)(F)F)c(Cl)c1. The number of ketones is 1. The molecule has 1 rings (SSSR count). The highest BCUT2D eigenvalue weighted by Crippen LogP contribution is 2.35. The van der Waals surface area contributed by atoms with Gasteiger partial charge in [0, 0.05) is 5.56 Å². The van der Waals surface area contributed by atoms with Gasteiger partial charge in [-0.25, -0.2) is 0 Å². The highest BCUT2D eigenvalue weighted by molar-refractivity contribution is 8.22. The molecule has 0 unspecified atom stereocenters. The van der Waals surface area contributed by atoms with Gasteiger partial charge in [0.15, 0.2) is 5.78 Å². The van der Waals surface area contributed by atoms with Crippen LogP contribution in [0.1, 0.15) is 22.3 Å². The van der Waals surface area contributed by atoms with Crippen molar-refractivity contribution in [3.8, 4) is 0 Å². The number of halogens is 4. The van der Waals surface area contributed by atoms with Crippen LogP contribution < -0.4 is 0 Å². The van der Waals surface area contributed by atoms with Crippen molar-refractivity contribution in [2.45, 2.75) is 12.6 Å². The van der Waals surface area contributed by atoms with Gasteiger partial charge in [-0.05, 0) is 18.4 Å². The van der Waals surface area contributed by atoms with Crippen LogP contribution in [0.25, 0.3) is 0 Å². The third kappa shape index (κ3) is 3.96. The number of thiocarbonyl (C=S) groups is 1. The summed E-state index contributed by atoms with van der Waals surface area (Å²) in [6.45, 7) is 0. The average Bonchev–Trinajstić information content (AvgIpc) is 2.26. The second-order valence-electron chi connectivity index (χ2n) is 3.37. The molecule has 1 aromatic rings. The Kier molecular flexibility index (Phi) is 5.19. The van der Waals surface area contributed by atoms with Gasteiger partial charge in [-0.15, -0.1) is 11.8 Å². The van der Waals surface area contributed by atoms with Crippen molar-refractivity contribution in [2.24, 2.45) is 0 Å². The second-order valence-corrected chi connectivity index (χ2v) is 5.43. The van der Waals surface area contributed by atoms with Crippen LogP contribution in [-0.2, 0) is 6.18 Å². The van der Waals surface area contributed by atoms with Gasteiger partial charge in [-0.1, -0.05) is 29.9 Å². The molecule has 0 fully saturated rings. The number of carbonyl (C=O) groups is 1. The van der Waals surface area contributed by atoms with Crippen molar-refractivity contribution in [3.63, 3.8) is 0 Å². The number of thioether (sulfide) groups is 1. The molecule has 0 spiro atoms. The van der Waals surface area contributed by atoms with Crippen molar-refractivity contribution in [1.82, 2.24) is 0 Å². The van der Waals surface area contributed by atoms with Gasteiger partial charge in [-0.3, -0.25) is 4.79 Å². The molecule has 0 aromatic heterocycles. The number of alkyl halides is 3. The van der Waals surface area contributed by atoms with Crippen LogP contribution in [0, 0.1) is 0 Å². The molecule has 0 aliphatic carbocycles. The minimum atomic E-state index is -4.52. The fourth-order valence-corrected chi connectivity index (χ4v) is 1.92. The Hall–Kier alpha value is -0.590. The van der Waals surface area contributed by atoms with Crippen LogP contribution in [0.5, 0.6) is 0 Å². The number of Topliss-reactive ketones (excluding diaryl/α,β-unsaturated/α-hetero) is 1. The molecule has 0 radical (unpaired) electrons. The maximum absolute atomic E-state index is 12.5. The van der Waals surface area contributed by atoms with Crippen LogP contribution >= 0.6 is 35.6 Å². The molecule has 0 heterocycles. The molecule has 1 aromatic carbocycles. The standard InChI is InChI=1S/C11H8ClF3OS2/c1-18-10(17)5-9(16)6-2-3-7(8(12)4-6)11(13,14)15/h2-4H,5H2,1H3. The summed E-state index contributed by atoms with van der Waals surface area (Å²) in [7, 11) is 0. The molecule has 0 atom stereocenters. The fraction of sp³-hybridized carbons (Fsp3) is 0.273. The van der Waals surface area contributed by atoms with Crippen LogP contribution in [0.2, 0.25) is 5.02 Å². The molecule has 0 saturated heterocycles. The van der Waals surface area contributed by atoms with Crippen LogP contribution in [0.4, 0.5) is 13.2 Å². The number of rotatable bonds is 3. The monoisotopic (exact) mass is 312 g/mol. The van der Waals surface area contributed by atoms with E-state index in [9.17, 15) is 18.0 Å². The van der Waals surface area contributed by atoms with Crippen LogP contribution in [-0.4, -0.2) is 16.2 Å². The Labute approximate surface area is 117 Å². The minimum Gasteiger partial charge on any atom is -0.294 e. The van der Waals surface area contributed by atoms with Gasteiger partial charge in [-0.2, -0.15) is 13.2 Å². The quantitative estimate of drug-likeness (QED) is 0.599. The molecule has 18 heavy (non-hydrogen) atoms. The first-order valence-corrected chi connectivity index (χ1v) is 6.73. The van der Waals surface area contributed by atoms with E-state index in [1.165, 1.54) is 11.8 Å². The lowest BCUT2D eigenvalue weighted by atomic mass is 10.1. The number of carbonyl (C=O) groups excluding carboxylic acids is 1. The third-order valence-electron chi connectivity index (χ3n) is 2.13. The predicted octanol–water partition coefficient (Wildman–Crippen LogP) is 4.62. The molecule has 7 heteroatoms. The fourth-order valence-electron chi connectivity index (χ4n) is 1.22. The van der Waals surface area contributed by atoms with Gasteiger partial charge in [0.25, 0.3) is 0 Å². The highest BCUT2D eigenvalue weighted by Gasteiger charge is 2.33. The van der Waals surface area contributed by atoms with E-state index < -0.39 is 16.8 Å². The smallest absolute Gasteiger partial charge is 0.294 e. The molecular weight excluding hydrogens is 305 g/mol. The van der Waals surface area contributed by atoms with E-state index in [4.69, 9.17) is 23.8 Å². The Morgan fingerprint density at radius 3 is 2.50 bits per heavy atom. The molecular formula is C11H8ClF3OS2. The maximum Gasteiger partial charge on any atom is 0.417 e. The van der Waals surface area contributed by atoms with Crippen molar-refractivity contribution >= 4 is 45.6 Å². The molecule has 0 aliphatic heterocycles. The Morgan fingerprint density at radius 2 is 2.06 bits per heavy atom. The summed E-state index contributed by atoms with van der Waals surface area (Å²) in [6, 6.07) is 2.94. The number of hydrogen-bond acceptors (Lipinski definition) is 3. The minimum absolute atomic E-state index is 0.0121. The lowest BCUT2D eigenvalue weighted by Gasteiger charge is -2.09. The largest absolute Gasteiger partial charge is 0.417 e. The summed E-state index contributed by atoms with van der Waals surface area (Å²) in [6.07, 6.45) is -2.78. The van der Waals surface area contributed by atoms with Crippen LogP contribution in [0.3, 0.4) is 0 Å². The Morgan fingerprint density at radius 1 is 1.44 bits per heavy atom. The topological polar surface area (TPSA) is 17.1 Å². The summed E-state index contributed by atoms with van der Waals surface area (Å²) in [5, 5.41) is -0.483. The van der Waals surface area contributed by atoms with E-state index in [1.807, 2.05) is 0 Å². The first-order valence-electron chi connectivity index (χ1n) is 4.72. The Bertz CT molecular complexity index is 486. The zero-order valence-electron chi connectivity index (χ0n) is 9.18. The highest BCUT2D eigenvalue weighted by atomic mass is 35.5. The van der Waals surface area contributed by atoms with E-state index in [1.54, 1.807) is 6.26 Å². The summed E-state index contributed by atoms with van der Waals surface area (Å²) in [5.74, 6) is -0.343. The summed E-state index contributed by atoms with van der Waals surface area (Å²) in [4.78, 5) is 11.7. The van der Waals surface area contributed by atoms with E-state index >= 15 is 0 Å². The van der Waals surface area contributed by atoms with Gasteiger partial charge in [0.05, 0.1) is 21.2 Å². The summed E-state index contributed by atoms with van der Waals surface area (Å²) >= 11 is 11.7. The van der Waals surface area contributed by atoms with Crippen molar-refractivity contribution < 1.29 is 18.0 Å². The number of benzene rings is 1. The van der Waals surface area contributed by atoms with Crippen molar-refractivity contribution in [3.05, 3.63) is 34.3 Å². The first-order chi connectivity index (χ1) is 8.25. The lowest BCUT2D eigenvalue weighted by molar-refractivity contribution is -0.137. The van der Waals surface area contributed by atoms with E-state index in [0.717, 1.165) is 18.2 Å². The van der Waals surface area contributed by atoms with E-state index in [2.05, 4.69) is 0 Å². The van der Waals surface area contributed by atoms with E-state index in [-0.39, 0.29) is 17.8 Å². The summed E-state index contributed by atoms with van der Waals surface area (Å²) in [5.41, 5.74) is -0.822. The van der Waals surface area contributed by atoms with Gasteiger partial charge >= 0.3 is 6.18 Å². The molecule has 1 nitrogen and oxygen atoms in total.